The number of aliphatic hydroxyl groups excluding tert-OH is 1. The average Bonchev–Trinajstić information content (AvgIpc) is 2.03. The van der Waals surface area contributed by atoms with Crippen LogP contribution in [-0.2, 0) is 6.61 Å². The minimum absolute atomic E-state index is 0.0181. The number of nitrogens with two attached hydrogens (primary N) is 2. The van der Waals surface area contributed by atoms with Gasteiger partial charge in [-0.05, 0) is 6.07 Å². The highest BCUT2D eigenvalue weighted by Crippen LogP contribution is 2.25. The maximum atomic E-state index is 12.2. The van der Waals surface area contributed by atoms with Crippen molar-refractivity contribution in [2.45, 2.75) is 13.0 Å². The molecule has 1 heterocycles. The molecule has 0 radical (unpaired) electrons. The van der Waals surface area contributed by atoms with Gasteiger partial charge in [-0.25, -0.2) is 13.8 Å². The van der Waals surface area contributed by atoms with E-state index < -0.39 is 18.7 Å². The van der Waals surface area contributed by atoms with Gasteiger partial charge in [-0.15, -0.1) is 0 Å². The molecule has 0 aromatic carbocycles. The van der Waals surface area contributed by atoms with Crippen LogP contribution in [0.15, 0.2) is 6.07 Å². The first kappa shape index (κ1) is 9.66. The number of nitrogen functional groups attached to an aromatic ring is 2. The molecular formula is C7H9F2N3O. The van der Waals surface area contributed by atoms with Gasteiger partial charge in [-0.3, -0.25) is 0 Å². The summed E-state index contributed by atoms with van der Waals surface area (Å²) >= 11 is 0. The fraction of sp³-hybridized carbons (Fsp3) is 0.286. The normalized spacial score (nSPS) is 10.8. The highest BCUT2D eigenvalue weighted by molar-refractivity contribution is 5.56. The predicted molar refractivity (Wildman–Crippen MR) is 43.9 cm³/mol. The van der Waals surface area contributed by atoms with Gasteiger partial charge in [0.05, 0.1) is 23.7 Å². The van der Waals surface area contributed by atoms with Crippen LogP contribution in [0.25, 0.3) is 0 Å². The summed E-state index contributed by atoms with van der Waals surface area (Å²) in [6.07, 6.45) is -2.76. The van der Waals surface area contributed by atoms with Crippen molar-refractivity contribution in [2.24, 2.45) is 0 Å². The maximum absolute atomic E-state index is 12.2. The Kier molecular flexibility index (Phi) is 2.62. The van der Waals surface area contributed by atoms with E-state index in [1.165, 1.54) is 6.07 Å². The molecule has 0 fully saturated rings. The smallest absolute Gasteiger partial charge is 0.282 e. The summed E-state index contributed by atoms with van der Waals surface area (Å²) in [6, 6.07) is 1.17. The number of rotatable bonds is 2. The van der Waals surface area contributed by atoms with Gasteiger partial charge < -0.3 is 16.6 Å². The predicted octanol–water partition coefficient (Wildman–Crippen LogP) is 0.676. The Balaban J connectivity index is 3.22. The number of alkyl halides is 2. The molecule has 6 heteroatoms. The highest BCUT2D eigenvalue weighted by atomic mass is 19.3. The molecular weight excluding hydrogens is 180 g/mol. The van der Waals surface area contributed by atoms with E-state index in [9.17, 15) is 8.78 Å². The number of halogens is 2. The fourth-order valence-corrected chi connectivity index (χ4v) is 0.901. The zero-order chi connectivity index (χ0) is 10.0. The molecule has 0 aliphatic carbocycles. The third-order valence-corrected chi connectivity index (χ3v) is 1.55. The molecule has 0 aliphatic heterocycles. The summed E-state index contributed by atoms with van der Waals surface area (Å²) in [7, 11) is 0. The summed E-state index contributed by atoms with van der Waals surface area (Å²) in [5, 5.41) is 8.69. The van der Waals surface area contributed by atoms with E-state index in [1.807, 2.05) is 0 Å². The van der Waals surface area contributed by atoms with E-state index in [4.69, 9.17) is 16.6 Å². The highest BCUT2D eigenvalue weighted by Gasteiger charge is 2.15. The Morgan fingerprint density at radius 1 is 1.38 bits per heavy atom. The molecule has 0 saturated carbocycles. The standard InChI is InChI=1S/C7H9F2N3O/c8-7(9)6-4(11)1-3(10)5(2-13)12-6/h1,7,13H,2,10-11H2. The Bertz CT molecular complexity index is 317. The van der Waals surface area contributed by atoms with Gasteiger partial charge >= 0.3 is 0 Å². The van der Waals surface area contributed by atoms with Gasteiger partial charge in [-0.2, -0.15) is 0 Å². The lowest BCUT2D eigenvalue weighted by Crippen LogP contribution is -2.05. The Morgan fingerprint density at radius 3 is 2.46 bits per heavy atom. The van der Waals surface area contributed by atoms with E-state index in [2.05, 4.69) is 4.98 Å². The molecule has 0 saturated heterocycles. The first-order valence-corrected chi connectivity index (χ1v) is 3.50. The van der Waals surface area contributed by atoms with Crippen LogP contribution in [0.4, 0.5) is 20.2 Å². The monoisotopic (exact) mass is 189 g/mol. The zero-order valence-corrected chi connectivity index (χ0v) is 6.67. The second-order valence-corrected chi connectivity index (χ2v) is 2.46. The first-order valence-electron chi connectivity index (χ1n) is 3.50. The largest absolute Gasteiger partial charge is 0.397 e. The number of hydrogen-bond donors (Lipinski definition) is 3. The summed E-state index contributed by atoms with van der Waals surface area (Å²) in [5.41, 5.74) is 10.0. The van der Waals surface area contributed by atoms with Crippen LogP contribution < -0.4 is 11.5 Å². The maximum Gasteiger partial charge on any atom is 0.282 e. The molecule has 13 heavy (non-hydrogen) atoms. The zero-order valence-electron chi connectivity index (χ0n) is 6.67. The van der Waals surface area contributed by atoms with Crippen molar-refractivity contribution in [3.05, 3.63) is 17.5 Å². The molecule has 0 unspecified atom stereocenters. The summed E-state index contributed by atoms with van der Waals surface area (Å²) in [4.78, 5) is 3.44. The molecule has 1 aromatic rings. The van der Waals surface area contributed by atoms with Crippen LogP contribution in [0.2, 0.25) is 0 Å². The first-order chi connectivity index (χ1) is 6.06. The topological polar surface area (TPSA) is 85.2 Å². The van der Waals surface area contributed by atoms with Crippen LogP contribution in [-0.4, -0.2) is 10.1 Å². The van der Waals surface area contributed by atoms with Crippen LogP contribution >= 0.6 is 0 Å². The number of hydrogen-bond acceptors (Lipinski definition) is 4. The van der Waals surface area contributed by atoms with Crippen molar-refractivity contribution < 1.29 is 13.9 Å². The van der Waals surface area contributed by atoms with Crippen LogP contribution in [0.5, 0.6) is 0 Å². The second kappa shape index (κ2) is 3.53. The van der Waals surface area contributed by atoms with Crippen molar-refractivity contribution in [3.8, 4) is 0 Å². The summed E-state index contributed by atoms with van der Waals surface area (Å²) in [5.74, 6) is 0. The van der Waals surface area contributed by atoms with Crippen molar-refractivity contribution in [1.29, 1.82) is 0 Å². The minimum Gasteiger partial charge on any atom is -0.397 e. The fourth-order valence-electron chi connectivity index (χ4n) is 0.901. The van der Waals surface area contributed by atoms with E-state index in [0.717, 1.165) is 0 Å². The molecule has 1 aromatic heterocycles. The number of aliphatic hydroxyl groups is 1. The molecule has 1 rings (SSSR count). The lowest BCUT2D eigenvalue weighted by molar-refractivity contribution is 0.146. The van der Waals surface area contributed by atoms with E-state index in [1.54, 1.807) is 0 Å². The Hall–Kier alpha value is -1.43. The quantitative estimate of drug-likeness (QED) is 0.638. The molecule has 4 nitrogen and oxygen atoms in total. The van der Waals surface area contributed by atoms with Gasteiger partial charge in [0.2, 0.25) is 0 Å². The minimum atomic E-state index is -2.76. The number of anilines is 2. The summed E-state index contributed by atoms with van der Waals surface area (Å²) in [6.45, 7) is -0.480. The molecule has 0 bridgehead atoms. The van der Waals surface area contributed by atoms with Crippen LogP contribution in [0, 0.1) is 0 Å². The van der Waals surface area contributed by atoms with Gasteiger partial charge in [0.25, 0.3) is 6.43 Å². The third-order valence-electron chi connectivity index (χ3n) is 1.55. The van der Waals surface area contributed by atoms with Gasteiger partial charge in [-0.1, -0.05) is 0 Å². The SMILES string of the molecule is Nc1cc(N)c(C(F)F)nc1CO. The van der Waals surface area contributed by atoms with Gasteiger partial charge in [0.1, 0.15) is 5.69 Å². The van der Waals surface area contributed by atoms with E-state index >= 15 is 0 Å². The van der Waals surface area contributed by atoms with E-state index in [-0.39, 0.29) is 17.1 Å². The number of aromatic nitrogens is 1. The van der Waals surface area contributed by atoms with Crippen LogP contribution in [0.1, 0.15) is 17.8 Å². The average molecular weight is 189 g/mol. The van der Waals surface area contributed by atoms with Gasteiger partial charge in [0, 0.05) is 0 Å². The molecule has 0 aliphatic rings. The lowest BCUT2D eigenvalue weighted by Gasteiger charge is -2.07. The molecule has 0 atom stereocenters. The van der Waals surface area contributed by atoms with Crippen molar-refractivity contribution in [2.75, 3.05) is 11.5 Å². The third kappa shape index (κ3) is 1.83. The Morgan fingerprint density at radius 2 is 2.00 bits per heavy atom. The van der Waals surface area contributed by atoms with E-state index in [0.29, 0.717) is 0 Å². The number of nitrogens with zero attached hydrogens (tertiary/aromatic N) is 1. The van der Waals surface area contributed by atoms with Gasteiger partial charge in [0.15, 0.2) is 0 Å². The molecule has 0 amide bonds. The Labute approximate surface area is 73.2 Å². The molecule has 5 N–H and O–H groups in total. The van der Waals surface area contributed by atoms with Crippen molar-refractivity contribution in [1.82, 2.24) is 4.98 Å². The van der Waals surface area contributed by atoms with Crippen LogP contribution in [0.3, 0.4) is 0 Å². The molecule has 72 valence electrons. The second-order valence-electron chi connectivity index (χ2n) is 2.46. The number of pyridine rings is 1. The van der Waals surface area contributed by atoms with Crippen molar-refractivity contribution in [3.63, 3.8) is 0 Å². The summed E-state index contributed by atoms with van der Waals surface area (Å²) < 4.78 is 24.4. The van der Waals surface area contributed by atoms with Crippen molar-refractivity contribution >= 4 is 11.4 Å². The lowest BCUT2D eigenvalue weighted by atomic mass is 10.2. The molecule has 0 spiro atoms.